The average molecular weight is 310 g/mol. The van der Waals surface area contributed by atoms with E-state index in [0.29, 0.717) is 0 Å². The van der Waals surface area contributed by atoms with Gasteiger partial charge in [-0.3, -0.25) is 0 Å². The van der Waals surface area contributed by atoms with Crippen LogP contribution in [0.15, 0.2) is 12.1 Å². The second-order valence-electron chi connectivity index (χ2n) is 4.82. The summed E-state index contributed by atoms with van der Waals surface area (Å²) in [7, 11) is 0. The third kappa shape index (κ3) is 2.26. The molecule has 1 heterocycles. The van der Waals surface area contributed by atoms with Gasteiger partial charge in [-0.2, -0.15) is 13.2 Å². The molecule has 2 aliphatic rings. The number of rotatable bonds is 2. The number of ether oxygens (including phenoxy) is 2. The third-order valence-corrected chi connectivity index (χ3v) is 3.42. The number of hydrogen-bond acceptors (Lipinski definition) is 3. The van der Waals surface area contributed by atoms with Gasteiger partial charge in [0.25, 0.3) is 0 Å². The number of hydrogen-bond donors (Lipinski definition) is 1. The minimum absolute atomic E-state index is 0.366. The molecule has 1 aromatic rings. The Morgan fingerprint density at radius 2 is 1.95 bits per heavy atom. The maximum atomic E-state index is 13.1. The molecule has 1 saturated carbocycles. The van der Waals surface area contributed by atoms with Crippen LogP contribution in [0, 0.1) is 5.92 Å². The van der Waals surface area contributed by atoms with Crippen molar-refractivity contribution < 1.29 is 41.3 Å². The van der Waals surface area contributed by atoms with E-state index < -0.39 is 47.3 Å². The lowest BCUT2D eigenvalue weighted by Crippen LogP contribution is -2.26. The van der Waals surface area contributed by atoms with Gasteiger partial charge in [-0.1, -0.05) is 0 Å². The van der Waals surface area contributed by atoms with E-state index in [1.165, 1.54) is 0 Å². The minimum atomic E-state index is -4.52. The monoisotopic (exact) mass is 310 g/mol. The number of alkyl halides is 5. The summed E-state index contributed by atoms with van der Waals surface area (Å²) < 4.78 is 72.4. The summed E-state index contributed by atoms with van der Waals surface area (Å²) in [5.41, 5.74) is -0.883. The van der Waals surface area contributed by atoms with Crippen LogP contribution in [-0.2, 0) is 0 Å². The van der Waals surface area contributed by atoms with Gasteiger partial charge < -0.3 is 14.6 Å². The summed E-state index contributed by atoms with van der Waals surface area (Å²) in [6.07, 6.45) is -8.91. The van der Waals surface area contributed by atoms with Crippen molar-refractivity contribution in [3.63, 3.8) is 0 Å². The molecule has 9 heteroatoms. The van der Waals surface area contributed by atoms with E-state index in [4.69, 9.17) is 5.11 Å². The van der Waals surface area contributed by atoms with Crippen LogP contribution in [-0.4, -0.2) is 23.5 Å². The Kier molecular flexibility index (Phi) is 2.64. The standard InChI is InChI=1S/C12H7F5O4/c13-11(14,15)6-3-5(6)8-4(10(18)19)1-2-7-9(8)21-12(16,17)20-7/h1-2,5-6H,3H2,(H,18,19)/t5-,6+/m1/s1. The van der Waals surface area contributed by atoms with Crippen LogP contribution < -0.4 is 9.47 Å². The Morgan fingerprint density at radius 1 is 1.29 bits per heavy atom. The lowest BCUT2D eigenvalue weighted by atomic mass is 10.00. The first-order chi connectivity index (χ1) is 9.60. The first kappa shape index (κ1) is 13.9. The summed E-state index contributed by atoms with van der Waals surface area (Å²) >= 11 is 0. The molecule has 0 unspecified atom stereocenters. The van der Waals surface area contributed by atoms with Crippen molar-refractivity contribution in [1.29, 1.82) is 0 Å². The molecule has 0 aromatic heterocycles. The molecule has 21 heavy (non-hydrogen) atoms. The Labute approximate surface area is 114 Å². The predicted molar refractivity (Wildman–Crippen MR) is 56.5 cm³/mol. The number of carboxylic acid groups (broad SMARTS) is 1. The molecule has 1 aliphatic heterocycles. The number of aromatic carboxylic acids is 1. The molecule has 3 rings (SSSR count). The smallest absolute Gasteiger partial charge is 0.478 e. The highest BCUT2D eigenvalue weighted by molar-refractivity contribution is 5.91. The van der Waals surface area contributed by atoms with E-state index in [0.717, 1.165) is 12.1 Å². The summed E-state index contributed by atoms with van der Waals surface area (Å²) in [6.45, 7) is 0. The van der Waals surface area contributed by atoms with E-state index in [2.05, 4.69) is 9.47 Å². The van der Waals surface area contributed by atoms with Gasteiger partial charge in [-0.05, 0) is 18.6 Å². The Morgan fingerprint density at radius 3 is 2.48 bits per heavy atom. The Hall–Kier alpha value is -2.06. The molecular weight excluding hydrogens is 303 g/mol. The maximum Gasteiger partial charge on any atom is 0.586 e. The maximum absolute atomic E-state index is 13.1. The first-order valence-electron chi connectivity index (χ1n) is 5.83. The number of carbonyl (C=O) groups is 1. The third-order valence-electron chi connectivity index (χ3n) is 3.42. The van der Waals surface area contributed by atoms with Crippen molar-refractivity contribution in [2.45, 2.75) is 24.8 Å². The van der Waals surface area contributed by atoms with Crippen LogP contribution in [0.25, 0.3) is 0 Å². The van der Waals surface area contributed by atoms with Gasteiger partial charge in [0.2, 0.25) is 0 Å². The Balaban J connectivity index is 2.07. The van der Waals surface area contributed by atoms with Crippen molar-refractivity contribution in [3.05, 3.63) is 23.3 Å². The summed E-state index contributed by atoms with van der Waals surface area (Å²) in [5.74, 6) is -5.59. The summed E-state index contributed by atoms with van der Waals surface area (Å²) in [4.78, 5) is 11.1. The molecule has 0 saturated heterocycles. The zero-order valence-electron chi connectivity index (χ0n) is 10.1. The molecule has 0 bridgehead atoms. The highest BCUT2D eigenvalue weighted by Crippen LogP contribution is 2.61. The van der Waals surface area contributed by atoms with Gasteiger partial charge in [-0.15, -0.1) is 8.78 Å². The number of benzene rings is 1. The van der Waals surface area contributed by atoms with Crippen molar-refractivity contribution in [3.8, 4) is 11.5 Å². The number of fused-ring (bicyclic) bond motifs is 1. The van der Waals surface area contributed by atoms with Crippen molar-refractivity contribution >= 4 is 5.97 Å². The van der Waals surface area contributed by atoms with Gasteiger partial charge in [0.05, 0.1) is 11.5 Å². The molecule has 0 amide bonds. The van der Waals surface area contributed by atoms with E-state index in [1.807, 2.05) is 0 Å². The first-order valence-corrected chi connectivity index (χ1v) is 5.83. The van der Waals surface area contributed by atoms with E-state index in [-0.39, 0.29) is 12.0 Å². The number of halogens is 5. The highest BCUT2D eigenvalue weighted by Gasteiger charge is 2.59. The molecule has 114 valence electrons. The number of carboxylic acids is 1. The molecule has 2 atom stereocenters. The molecule has 1 aliphatic carbocycles. The van der Waals surface area contributed by atoms with E-state index in [9.17, 15) is 26.7 Å². The fourth-order valence-corrected chi connectivity index (χ4v) is 2.46. The summed E-state index contributed by atoms with van der Waals surface area (Å²) in [5, 5.41) is 9.03. The molecule has 1 aromatic carbocycles. The van der Waals surface area contributed by atoms with Crippen LogP contribution in [0.4, 0.5) is 22.0 Å². The highest BCUT2D eigenvalue weighted by atomic mass is 19.4. The van der Waals surface area contributed by atoms with Crippen LogP contribution in [0.2, 0.25) is 0 Å². The van der Waals surface area contributed by atoms with Gasteiger partial charge >= 0.3 is 18.4 Å². The van der Waals surface area contributed by atoms with Gasteiger partial charge in [0.15, 0.2) is 11.5 Å². The van der Waals surface area contributed by atoms with Gasteiger partial charge in [0.1, 0.15) is 0 Å². The predicted octanol–water partition coefficient (Wildman–Crippen LogP) is 3.37. The molecule has 4 nitrogen and oxygen atoms in total. The zero-order valence-corrected chi connectivity index (χ0v) is 10.1. The fourth-order valence-electron chi connectivity index (χ4n) is 2.46. The topological polar surface area (TPSA) is 55.8 Å². The Bertz CT molecular complexity index is 625. The normalized spacial score (nSPS) is 25.8. The minimum Gasteiger partial charge on any atom is -0.478 e. The van der Waals surface area contributed by atoms with Crippen molar-refractivity contribution in [2.24, 2.45) is 5.92 Å². The molecule has 1 fully saturated rings. The van der Waals surface area contributed by atoms with Crippen LogP contribution >= 0.6 is 0 Å². The average Bonchev–Trinajstić information content (AvgIpc) is 3.03. The second-order valence-corrected chi connectivity index (χ2v) is 4.82. The fraction of sp³-hybridized carbons (Fsp3) is 0.417. The molecule has 0 spiro atoms. The van der Waals surface area contributed by atoms with E-state index >= 15 is 0 Å². The summed E-state index contributed by atoms with van der Waals surface area (Å²) in [6, 6.07) is 1.88. The van der Waals surface area contributed by atoms with Crippen LogP contribution in [0.3, 0.4) is 0 Å². The van der Waals surface area contributed by atoms with Gasteiger partial charge in [-0.25, -0.2) is 4.79 Å². The lowest BCUT2D eigenvalue weighted by Gasteiger charge is -2.11. The SMILES string of the molecule is O=C(O)c1ccc2c(c1[C@@H]1C[C@@H]1C(F)(F)F)OC(F)(F)O2. The second kappa shape index (κ2) is 3.99. The van der Waals surface area contributed by atoms with Crippen LogP contribution in [0.1, 0.15) is 28.3 Å². The van der Waals surface area contributed by atoms with E-state index in [1.54, 1.807) is 0 Å². The van der Waals surface area contributed by atoms with Gasteiger partial charge in [0, 0.05) is 11.5 Å². The lowest BCUT2D eigenvalue weighted by molar-refractivity contribution is -0.287. The molecule has 1 N–H and O–H groups in total. The quantitative estimate of drug-likeness (QED) is 0.851. The molecule has 0 radical (unpaired) electrons. The van der Waals surface area contributed by atoms with Crippen LogP contribution in [0.5, 0.6) is 11.5 Å². The van der Waals surface area contributed by atoms with Crippen molar-refractivity contribution in [1.82, 2.24) is 0 Å². The molecular formula is C12H7F5O4. The zero-order chi connectivity index (χ0) is 15.6. The van der Waals surface area contributed by atoms with Crippen molar-refractivity contribution in [2.75, 3.05) is 0 Å². The largest absolute Gasteiger partial charge is 0.586 e.